The Hall–Kier alpha value is -1.61. The molecular formula is C16H14BrNO. The normalized spacial score (nSPS) is 17.2. The van der Waals surface area contributed by atoms with Crippen LogP contribution in [-0.2, 0) is 11.2 Å². The molecule has 0 aromatic heterocycles. The molecule has 0 saturated carbocycles. The number of rotatable bonds is 2. The summed E-state index contributed by atoms with van der Waals surface area (Å²) in [4.78, 5) is 12.1. The predicted octanol–water partition coefficient (Wildman–Crippen LogP) is 4.04. The fourth-order valence-corrected chi connectivity index (χ4v) is 2.83. The van der Waals surface area contributed by atoms with Crippen LogP contribution in [0.5, 0.6) is 0 Å². The average Bonchev–Trinajstić information content (AvgIpc) is 2.71. The summed E-state index contributed by atoms with van der Waals surface area (Å²) in [7, 11) is 0. The minimum absolute atomic E-state index is 0.0731. The van der Waals surface area contributed by atoms with Crippen molar-refractivity contribution in [2.75, 3.05) is 5.32 Å². The molecule has 0 spiro atoms. The van der Waals surface area contributed by atoms with Crippen LogP contribution in [0, 0.1) is 6.92 Å². The summed E-state index contributed by atoms with van der Waals surface area (Å²) in [6.07, 6.45) is 0.746. The number of aryl methyl sites for hydroxylation is 1. The van der Waals surface area contributed by atoms with Gasteiger partial charge in [-0.2, -0.15) is 0 Å². The van der Waals surface area contributed by atoms with Gasteiger partial charge in [0, 0.05) is 10.2 Å². The van der Waals surface area contributed by atoms with E-state index in [0.717, 1.165) is 27.7 Å². The third-order valence-corrected chi connectivity index (χ3v) is 4.13. The molecule has 2 nitrogen and oxygen atoms in total. The Kier molecular flexibility index (Phi) is 3.15. The first-order valence-corrected chi connectivity index (χ1v) is 7.09. The third-order valence-electron chi connectivity index (χ3n) is 3.60. The standard InChI is InChI=1S/C16H14BrNO/c1-10-3-2-4-13-14(16(19)18-15(10)13)9-11-5-7-12(17)8-6-11/h2-8,14H,9H2,1H3,(H,18,19)/t14-/m0/s1. The van der Waals surface area contributed by atoms with Crippen molar-refractivity contribution in [2.45, 2.75) is 19.3 Å². The first-order valence-electron chi connectivity index (χ1n) is 6.30. The van der Waals surface area contributed by atoms with E-state index in [1.165, 1.54) is 5.56 Å². The summed E-state index contributed by atoms with van der Waals surface area (Å²) < 4.78 is 1.06. The molecule has 96 valence electrons. The van der Waals surface area contributed by atoms with Crippen LogP contribution in [0.4, 0.5) is 5.69 Å². The van der Waals surface area contributed by atoms with Crippen LogP contribution in [0.2, 0.25) is 0 Å². The number of hydrogen-bond acceptors (Lipinski definition) is 1. The number of carbonyl (C=O) groups excluding carboxylic acids is 1. The van der Waals surface area contributed by atoms with Crippen molar-refractivity contribution < 1.29 is 4.79 Å². The van der Waals surface area contributed by atoms with Crippen molar-refractivity contribution in [1.82, 2.24) is 0 Å². The van der Waals surface area contributed by atoms with Gasteiger partial charge in [0.1, 0.15) is 0 Å². The second-order valence-electron chi connectivity index (χ2n) is 4.91. The molecule has 3 rings (SSSR count). The van der Waals surface area contributed by atoms with Gasteiger partial charge in [-0.3, -0.25) is 4.79 Å². The summed E-state index contributed by atoms with van der Waals surface area (Å²) in [5.74, 6) is 0.0308. The largest absolute Gasteiger partial charge is 0.325 e. The smallest absolute Gasteiger partial charge is 0.232 e. The molecule has 1 heterocycles. The summed E-state index contributed by atoms with van der Waals surface area (Å²) in [6, 6.07) is 14.2. The Morgan fingerprint density at radius 1 is 1.16 bits per heavy atom. The Morgan fingerprint density at radius 2 is 1.89 bits per heavy atom. The van der Waals surface area contributed by atoms with Gasteiger partial charge >= 0.3 is 0 Å². The number of fused-ring (bicyclic) bond motifs is 1. The number of carbonyl (C=O) groups is 1. The van der Waals surface area contributed by atoms with Gasteiger partial charge in [0.25, 0.3) is 0 Å². The van der Waals surface area contributed by atoms with Crippen LogP contribution in [0.15, 0.2) is 46.9 Å². The maximum absolute atomic E-state index is 12.1. The van der Waals surface area contributed by atoms with Gasteiger partial charge in [-0.15, -0.1) is 0 Å². The molecule has 2 aromatic rings. The lowest BCUT2D eigenvalue weighted by atomic mass is 9.92. The van der Waals surface area contributed by atoms with Crippen molar-refractivity contribution in [1.29, 1.82) is 0 Å². The molecule has 1 amide bonds. The van der Waals surface area contributed by atoms with Crippen molar-refractivity contribution in [3.05, 3.63) is 63.6 Å². The van der Waals surface area contributed by atoms with Gasteiger partial charge in [-0.1, -0.05) is 46.3 Å². The SMILES string of the molecule is Cc1cccc2c1NC(=O)[C@H]2Cc1ccc(Br)cc1. The lowest BCUT2D eigenvalue weighted by molar-refractivity contribution is -0.117. The van der Waals surface area contributed by atoms with Crippen LogP contribution < -0.4 is 5.32 Å². The van der Waals surface area contributed by atoms with Crippen LogP contribution in [0.1, 0.15) is 22.6 Å². The van der Waals surface area contributed by atoms with Crippen LogP contribution in [0.3, 0.4) is 0 Å². The van der Waals surface area contributed by atoms with Crippen LogP contribution in [-0.4, -0.2) is 5.91 Å². The fraction of sp³-hybridized carbons (Fsp3) is 0.188. The van der Waals surface area contributed by atoms with Gasteiger partial charge in [0.05, 0.1) is 5.92 Å². The number of amides is 1. The Bertz CT molecular complexity index is 634. The van der Waals surface area contributed by atoms with E-state index in [-0.39, 0.29) is 11.8 Å². The highest BCUT2D eigenvalue weighted by Gasteiger charge is 2.31. The van der Waals surface area contributed by atoms with Crippen LogP contribution in [0.25, 0.3) is 0 Å². The highest BCUT2D eigenvalue weighted by atomic mass is 79.9. The Morgan fingerprint density at radius 3 is 2.63 bits per heavy atom. The minimum atomic E-state index is -0.0731. The lowest BCUT2D eigenvalue weighted by Gasteiger charge is -2.09. The summed E-state index contributed by atoms with van der Waals surface area (Å²) in [5, 5.41) is 3.00. The molecule has 0 saturated heterocycles. The van der Waals surface area contributed by atoms with Crippen molar-refractivity contribution in [3.8, 4) is 0 Å². The summed E-state index contributed by atoms with van der Waals surface area (Å²) >= 11 is 3.43. The molecule has 2 aromatic carbocycles. The maximum atomic E-state index is 12.1. The monoisotopic (exact) mass is 315 g/mol. The van der Waals surface area contributed by atoms with Gasteiger partial charge in [-0.25, -0.2) is 0 Å². The second-order valence-corrected chi connectivity index (χ2v) is 5.83. The number of nitrogens with one attached hydrogen (secondary N) is 1. The topological polar surface area (TPSA) is 29.1 Å². The average molecular weight is 316 g/mol. The van der Waals surface area contributed by atoms with Crippen LogP contribution >= 0.6 is 15.9 Å². The van der Waals surface area contributed by atoms with Crippen molar-refractivity contribution in [3.63, 3.8) is 0 Å². The first-order chi connectivity index (χ1) is 9.15. The number of halogens is 1. The van der Waals surface area contributed by atoms with E-state index in [4.69, 9.17) is 0 Å². The van der Waals surface area contributed by atoms with E-state index in [1.54, 1.807) is 0 Å². The summed E-state index contributed by atoms with van der Waals surface area (Å²) in [6.45, 7) is 2.03. The number of anilines is 1. The first kappa shape index (κ1) is 12.4. The fourth-order valence-electron chi connectivity index (χ4n) is 2.56. The zero-order valence-electron chi connectivity index (χ0n) is 10.6. The van der Waals surface area contributed by atoms with Gasteiger partial charge in [0.15, 0.2) is 0 Å². The second kappa shape index (κ2) is 4.82. The zero-order valence-corrected chi connectivity index (χ0v) is 12.2. The quantitative estimate of drug-likeness (QED) is 0.890. The molecule has 0 aliphatic carbocycles. The molecule has 0 radical (unpaired) electrons. The Labute approximate surface area is 121 Å². The number of para-hydroxylation sites is 1. The molecule has 1 atom stereocenters. The third kappa shape index (κ3) is 2.30. The molecule has 1 aliphatic heterocycles. The van der Waals surface area contributed by atoms with E-state index in [0.29, 0.717) is 0 Å². The molecule has 19 heavy (non-hydrogen) atoms. The molecule has 0 bridgehead atoms. The van der Waals surface area contributed by atoms with Gasteiger partial charge in [0.2, 0.25) is 5.91 Å². The number of hydrogen-bond donors (Lipinski definition) is 1. The zero-order chi connectivity index (χ0) is 13.4. The highest BCUT2D eigenvalue weighted by molar-refractivity contribution is 9.10. The number of benzene rings is 2. The van der Waals surface area contributed by atoms with Gasteiger partial charge < -0.3 is 5.32 Å². The van der Waals surface area contributed by atoms with Crippen molar-refractivity contribution in [2.24, 2.45) is 0 Å². The summed E-state index contributed by atoms with van der Waals surface area (Å²) in [5.41, 5.74) is 4.42. The molecule has 1 N–H and O–H groups in total. The van der Waals surface area contributed by atoms with E-state index < -0.39 is 0 Å². The Balaban J connectivity index is 1.92. The van der Waals surface area contributed by atoms with E-state index in [2.05, 4.69) is 33.4 Å². The van der Waals surface area contributed by atoms with E-state index >= 15 is 0 Å². The molecular weight excluding hydrogens is 302 g/mol. The lowest BCUT2D eigenvalue weighted by Crippen LogP contribution is -2.14. The van der Waals surface area contributed by atoms with E-state index in [9.17, 15) is 4.79 Å². The van der Waals surface area contributed by atoms with Gasteiger partial charge in [-0.05, 0) is 42.2 Å². The predicted molar refractivity (Wildman–Crippen MR) is 80.4 cm³/mol. The van der Waals surface area contributed by atoms with E-state index in [1.807, 2.05) is 37.3 Å². The molecule has 1 aliphatic rings. The molecule has 0 unspecified atom stereocenters. The molecule has 0 fully saturated rings. The minimum Gasteiger partial charge on any atom is -0.325 e. The van der Waals surface area contributed by atoms with Crippen molar-refractivity contribution >= 4 is 27.5 Å². The molecule has 3 heteroatoms. The highest BCUT2D eigenvalue weighted by Crippen LogP contribution is 2.36. The maximum Gasteiger partial charge on any atom is 0.232 e.